The highest BCUT2D eigenvalue weighted by Gasteiger charge is 2.09. The van der Waals surface area contributed by atoms with Crippen LogP contribution in [0.3, 0.4) is 0 Å². The second kappa shape index (κ2) is 7.59. The highest BCUT2D eigenvalue weighted by atomic mass is 79.9. The smallest absolute Gasteiger partial charge is 0.271 e. The summed E-state index contributed by atoms with van der Waals surface area (Å²) in [6.45, 7) is 1.80. The van der Waals surface area contributed by atoms with Gasteiger partial charge in [0.2, 0.25) is 0 Å². The van der Waals surface area contributed by atoms with Crippen LogP contribution in [0.5, 0.6) is 0 Å². The Morgan fingerprint density at radius 2 is 1.83 bits per heavy atom. The number of hydrogen-bond acceptors (Lipinski definition) is 3. The molecule has 0 aliphatic rings. The molecule has 124 valence electrons. The fourth-order valence-corrected chi connectivity index (χ4v) is 2.99. The van der Waals surface area contributed by atoms with E-state index in [1.807, 2.05) is 12.3 Å². The molecule has 0 atom stereocenters. The molecule has 0 radical (unpaired) electrons. The van der Waals surface area contributed by atoms with Crippen molar-refractivity contribution in [2.45, 2.75) is 12.8 Å². The van der Waals surface area contributed by atoms with Gasteiger partial charge in [-0.15, -0.1) is 0 Å². The summed E-state index contributed by atoms with van der Waals surface area (Å²) in [4.78, 5) is 13.6. The van der Waals surface area contributed by atoms with Crippen molar-refractivity contribution >= 4 is 32.5 Å². The molecular formula is C18H18BrN3O2. The van der Waals surface area contributed by atoms with Gasteiger partial charge in [-0.05, 0) is 55.3 Å². The number of halogens is 1. The Kier molecular flexibility index (Phi) is 5.27. The van der Waals surface area contributed by atoms with E-state index in [0.717, 1.165) is 41.3 Å². The van der Waals surface area contributed by atoms with Crippen LogP contribution >= 0.6 is 15.9 Å². The van der Waals surface area contributed by atoms with E-state index in [1.54, 1.807) is 12.1 Å². The van der Waals surface area contributed by atoms with Crippen LogP contribution in [0.1, 0.15) is 11.1 Å². The van der Waals surface area contributed by atoms with Gasteiger partial charge < -0.3 is 10.3 Å². The van der Waals surface area contributed by atoms with E-state index >= 15 is 0 Å². The summed E-state index contributed by atoms with van der Waals surface area (Å²) in [6.07, 6.45) is 3.82. The summed E-state index contributed by atoms with van der Waals surface area (Å²) in [7, 11) is 0. The first-order chi connectivity index (χ1) is 11.6. The van der Waals surface area contributed by atoms with Crippen LogP contribution in [0.15, 0.2) is 53.1 Å². The van der Waals surface area contributed by atoms with Gasteiger partial charge in [-0.25, -0.2) is 0 Å². The van der Waals surface area contributed by atoms with Gasteiger partial charge in [0.05, 0.1) is 10.4 Å². The van der Waals surface area contributed by atoms with E-state index in [4.69, 9.17) is 0 Å². The van der Waals surface area contributed by atoms with Crippen LogP contribution in [0.25, 0.3) is 10.9 Å². The number of H-pyrrole nitrogens is 1. The number of benzene rings is 2. The SMILES string of the molecule is O=[N+]([O-])c1ccc2c(CCNCCc3ccc(Br)cc3)c[nH]c2c1. The van der Waals surface area contributed by atoms with Crippen molar-refractivity contribution in [2.75, 3.05) is 13.1 Å². The number of non-ortho nitro benzene ring substituents is 1. The van der Waals surface area contributed by atoms with Crippen molar-refractivity contribution in [1.82, 2.24) is 10.3 Å². The first kappa shape index (κ1) is 16.7. The Bertz CT molecular complexity index is 843. The maximum Gasteiger partial charge on any atom is 0.271 e. The Morgan fingerprint density at radius 3 is 2.58 bits per heavy atom. The normalized spacial score (nSPS) is 11.0. The van der Waals surface area contributed by atoms with Crippen molar-refractivity contribution in [3.63, 3.8) is 0 Å². The second-order valence-corrected chi connectivity index (χ2v) is 6.59. The molecule has 1 heterocycles. The molecule has 3 aromatic rings. The Balaban J connectivity index is 1.51. The van der Waals surface area contributed by atoms with Gasteiger partial charge in [-0.1, -0.05) is 28.1 Å². The predicted molar refractivity (Wildman–Crippen MR) is 99.4 cm³/mol. The van der Waals surface area contributed by atoms with E-state index < -0.39 is 0 Å². The minimum absolute atomic E-state index is 0.114. The molecule has 0 bridgehead atoms. The molecule has 24 heavy (non-hydrogen) atoms. The Labute approximate surface area is 148 Å². The first-order valence-electron chi connectivity index (χ1n) is 7.83. The molecular weight excluding hydrogens is 370 g/mol. The van der Waals surface area contributed by atoms with Gasteiger partial charge in [-0.3, -0.25) is 10.1 Å². The fraction of sp³-hybridized carbons (Fsp3) is 0.222. The van der Waals surface area contributed by atoms with Crippen LogP contribution in [-0.4, -0.2) is 23.0 Å². The third-order valence-corrected chi connectivity index (χ3v) is 4.57. The standard InChI is InChI=1S/C18H18BrN3O2/c19-15-3-1-13(2-4-15)7-9-20-10-8-14-12-21-18-11-16(22(23)24)5-6-17(14)18/h1-6,11-12,20-21H,7-10H2. The number of aromatic amines is 1. The summed E-state index contributed by atoms with van der Waals surface area (Å²) in [5.74, 6) is 0. The van der Waals surface area contributed by atoms with Gasteiger partial charge in [-0.2, -0.15) is 0 Å². The lowest BCUT2D eigenvalue weighted by Crippen LogP contribution is -2.20. The summed E-state index contributed by atoms with van der Waals surface area (Å²) < 4.78 is 1.10. The molecule has 1 aromatic heterocycles. The Morgan fingerprint density at radius 1 is 1.08 bits per heavy atom. The molecule has 0 aliphatic heterocycles. The first-order valence-corrected chi connectivity index (χ1v) is 8.62. The van der Waals surface area contributed by atoms with E-state index in [0.29, 0.717) is 0 Å². The minimum atomic E-state index is -0.371. The van der Waals surface area contributed by atoms with Crippen molar-refractivity contribution in [1.29, 1.82) is 0 Å². The van der Waals surface area contributed by atoms with Crippen LogP contribution < -0.4 is 5.32 Å². The number of fused-ring (bicyclic) bond motifs is 1. The molecule has 3 rings (SSSR count). The molecule has 0 unspecified atom stereocenters. The average Bonchev–Trinajstić information content (AvgIpc) is 2.98. The minimum Gasteiger partial charge on any atom is -0.361 e. The topological polar surface area (TPSA) is 71.0 Å². The third kappa shape index (κ3) is 4.01. The number of nitro groups is 1. The predicted octanol–water partition coefficient (Wildman–Crippen LogP) is 4.21. The lowest BCUT2D eigenvalue weighted by molar-refractivity contribution is -0.384. The fourth-order valence-electron chi connectivity index (χ4n) is 2.73. The number of aromatic nitrogens is 1. The van der Waals surface area contributed by atoms with E-state index in [9.17, 15) is 10.1 Å². The molecule has 0 saturated carbocycles. The molecule has 2 aromatic carbocycles. The van der Waals surface area contributed by atoms with Crippen LogP contribution in [0.4, 0.5) is 5.69 Å². The maximum atomic E-state index is 10.8. The van der Waals surface area contributed by atoms with Gasteiger partial charge in [0.1, 0.15) is 0 Å². The molecule has 5 nitrogen and oxygen atoms in total. The van der Waals surface area contributed by atoms with E-state index in [1.165, 1.54) is 11.1 Å². The molecule has 0 spiro atoms. The summed E-state index contributed by atoms with van der Waals surface area (Å²) >= 11 is 3.44. The van der Waals surface area contributed by atoms with Crippen molar-refractivity contribution < 1.29 is 4.92 Å². The molecule has 2 N–H and O–H groups in total. The Hall–Kier alpha value is -2.18. The maximum absolute atomic E-state index is 10.8. The summed E-state index contributed by atoms with van der Waals surface area (Å²) in [5.41, 5.74) is 3.42. The molecule has 6 heteroatoms. The molecule has 0 amide bonds. The largest absolute Gasteiger partial charge is 0.361 e. The van der Waals surface area contributed by atoms with Gasteiger partial charge in [0.25, 0.3) is 5.69 Å². The highest BCUT2D eigenvalue weighted by Crippen LogP contribution is 2.23. The van der Waals surface area contributed by atoms with Crippen LogP contribution in [0, 0.1) is 10.1 Å². The van der Waals surface area contributed by atoms with E-state index in [2.05, 4.69) is 50.5 Å². The second-order valence-electron chi connectivity index (χ2n) is 5.68. The summed E-state index contributed by atoms with van der Waals surface area (Å²) in [6, 6.07) is 13.3. The quantitative estimate of drug-likeness (QED) is 0.362. The molecule has 0 aliphatic carbocycles. The van der Waals surface area contributed by atoms with Crippen molar-refractivity contribution in [3.05, 3.63) is 74.4 Å². The molecule has 0 fully saturated rings. The third-order valence-electron chi connectivity index (χ3n) is 4.04. The van der Waals surface area contributed by atoms with Gasteiger partial charge in [0, 0.05) is 28.2 Å². The molecule has 0 saturated heterocycles. The number of nitrogens with one attached hydrogen (secondary N) is 2. The summed E-state index contributed by atoms with van der Waals surface area (Å²) in [5, 5.41) is 15.3. The number of nitro benzene ring substituents is 1. The zero-order chi connectivity index (χ0) is 16.9. The van der Waals surface area contributed by atoms with Gasteiger partial charge >= 0.3 is 0 Å². The van der Waals surface area contributed by atoms with Crippen LogP contribution in [-0.2, 0) is 12.8 Å². The lowest BCUT2D eigenvalue weighted by Gasteiger charge is -2.05. The lowest BCUT2D eigenvalue weighted by atomic mass is 10.1. The monoisotopic (exact) mass is 387 g/mol. The average molecular weight is 388 g/mol. The van der Waals surface area contributed by atoms with Crippen molar-refractivity contribution in [2.24, 2.45) is 0 Å². The van der Waals surface area contributed by atoms with Crippen molar-refractivity contribution in [3.8, 4) is 0 Å². The number of rotatable bonds is 7. The zero-order valence-corrected chi connectivity index (χ0v) is 14.7. The number of hydrogen-bond donors (Lipinski definition) is 2. The van der Waals surface area contributed by atoms with Gasteiger partial charge in [0.15, 0.2) is 0 Å². The van der Waals surface area contributed by atoms with E-state index in [-0.39, 0.29) is 10.6 Å². The highest BCUT2D eigenvalue weighted by molar-refractivity contribution is 9.10. The van der Waals surface area contributed by atoms with Crippen LogP contribution in [0.2, 0.25) is 0 Å². The zero-order valence-electron chi connectivity index (χ0n) is 13.1. The number of nitrogens with zero attached hydrogens (tertiary/aromatic N) is 1.